The van der Waals surface area contributed by atoms with E-state index in [1.54, 1.807) is 0 Å². The molecule has 2 heteroatoms. The van der Waals surface area contributed by atoms with Gasteiger partial charge >= 0.3 is 0 Å². The van der Waals surface area contributed by atoms with E-state index in [4.69, 9.17) is 0 Å². The molecule has 0 radical (unpaired) electrons. The van der Waals surface area contributed by atoms with Gasteiger partial charge in [0.15, 0.2) is 0 Å². The lowest BCUT2D eigenvalue weighted by Gasteiger charge is -2.31. The molecule has 1 heterocycles. The van der Waals surface area contributed by atoms with E-state index in [0.29, 0.717) is 0 Å². The van der Waals surface area contributed by atoms with Crippen LogP contribution in [0.25, 0.3) is 33.4 Å². The van der Waals surface area contributed by atoms with Gasteiger partial charge in [-0.2, -0.15) is 0 Å². The van der Waals surface area contributed by atoms with Gasteiger partial charge in [0.25, 0.3) is 0 Å². The Labute approximate surface area is 341 Å². The quantitative estimate of drug-likeness (QED) is 0.145. The molecule has 58 heavy (non-hydrogen) atoms. The molecule has 10 rings (SSSR count). The maximum absolute atomic E-state index is 2.54. The zero-order chi connectivity index (χ0) is 38.7. The summed E-state index contributed by atoms with van der Waals surface area (Å²) in [6.45, 7) is 0. The predicted octanol–water partition coefficient (Wildman–Crippen LogP) is 15.2. The summed E-state index contributed by atoms with van der Waals surface area (Å²) in [6.07, 6.45) is 0. The summed E-state index contributed by atoms with van der Waals surface area (Å²) in [5, 5.41) is 0. The van der Waals surface area contributed by atoms with E-state index in [1.807, 2.05) is 0 Å². The molecule has 0 spiro atoms. The monoisotopic (exact) mass is 742 g/mol. The molecule has 0 fully saturated rings. The lowest BCUT2D eigenvalue weighted by Crippen LogP contribution is -2.22. The minimum atomic E-state index is 0.126. The fourth-order valence-electron chi connectivity index (χ4n) is 8.68. The number of fused-ring (bicyclic) bond motifs is 1. The van der Waals surface area contributed by atoms with Gasteiger partial charge in [0.1, 0.15) is 0 Å². The van der Waals surface area contributed by atoms with Crippen molar-refractivity contribution in [2.24, 2.45) is 0 Å². The van der Waals surface area contributed by atoms with E-state index in [1.165, 1.54) is 61.4 Å². The Balaban J connectivity index is 0.979. The van der Waals surface area contributed by atoms with Gasteiger partial charge < -0.3 is 9.80 Å². The summed E-state index contributed by atoms with van der Waals surface area (Å²) >= 11 is 0. The van der Waals surface area contributed by atoms with Crippen LogP contribution in [0.1, 0.15) is 28.7 Å². The van der Waals surface area contributed by atoms with Crippen LogP contribution in [0.2, 0.25) is 0 Å². The Hall–Kier alpha value is -7.42. The molecule has 9 aromatic rings. The zero-order valence-electron chi connectivity index (χ0n) is 32.1. The van der Waals surface area contributed by atoms with Gasteiger partial charge in [0, 0.05) is 34.4 Å². The van der Waals surface area contributed by atoms with Gasteiger partial charge in [0.05, 0.1) is 6.04 Å². The van der Waals surface area contributed by atoms with Crippen molar-refractivity contribution < 1.29 is 0 Å². The van der Waals surface area contributed by atoms with E-state index in [2.05, 4.69) is 252 Å². The van der Waals surface area contributed by atoms with Gasteiger partial charge in [-0.25, -0.2) is 0 Å². The van der Waals surface area contributed by atoms with Crippen LogP contribution in [-0.4, -0.2) is 0 Å². The number of nitrogens with zero attached hydrogens (tertiary/aromatic N) is 2. The minimum Gasteiger partial charge on any atom is -0.333 e. The van der Waals surface area contributed by atoms with Crippen LogP contribution < -0.4 is 9.80 Å². The molecule has 2 nitrogen and oxygen atoms in total. The Morgan fingerprint density at radius 2 is 0.638 bits per heavy atom. The normalized spacial score (nSPS) is 14.5. The summed E-state index contributed by atoms with van der Waals surface area (Å²) in [4.78, 5) is 4.88. The molecule has 9 aromatic carbocycles. The van der Waals surface area contributed by atoms with E-state index < -0.39 is 0 Å². The molecule has 0 amide bonds. The van der Waals surface area contributed by atoms with Crippen LogP contribution in [0.4, 0.5) is 28.4 Å². The number of rotatable bonds is 9. The highest BCUT2D eigenvalue weighted by Crippen LogP contribution is 2.55. The lowest BCUT2D eigenvalue weighted by atomic mass is 9.84. The summed E-state index contributed by atoms with van der Waals surface area (Å²) < 4.78 is 0. The van der Waals surface area contributed by atoms with Crippen molar-refractivity contribution in [1.29, 1.82) is 0 Å². The Kier molecular flexibility index (Phi) is 9.43. The summed E-state index contributed by atoms with van der Waals surface area (Å²) in [6, 6.07) is 88.0. The highest BCUT2D eigenvalue weighted by atomic mass is 15.2. The summed E-state index contributed by atoms with van der Waals surface area (Å²) in [5.74, 6) is 0.207. The van der Waals surface area contributed by atoms with Gasteiger partial charge in [0.2, 0.25) is 0 Å². The number of para-hydroxylation sites is 1. The molecule has 0 aromatic heterocycles. The molecule has 0 aliphatic carbocycles. The molecule has 0 N–H and O–H groups in total. The molecule has 0 saturated carbocycles. The van der Waals surface area contributed by atoms with Crippen LogP contribution in [0.5, 0.6) is 0 Å². The van der Waals surface area contributed by atoms with Crippen LogP contribution >= 0.6 is 0 Å². The third-order valence-electron chi connectivity index (χ3n) is 11.5. The molecule has 2 unspecified atom stereocenters. The number of benzene rings is 9. The van der Waals surface area contributed by atoms with Crippen molar-refractivity contribution in [2.45, 2.75) is 12.0 Å². The van der Waals surface area contributed by atoms with Crippen molar-refractivity contribution in [2.75, 3.05) is 9.80 Å². The third-order valence-corrected chi connectivity index (χ3v) is 11.5. The molecular weight excluding hydrogens is 701 g/mol. The Morgan fingerprint density at radius 1 is 0.293 bits per heavy atom. The first-order valence-corrected chi connectivity index (χ1v) is 20.1. The Morgan fingerprint density at radius 3 is 1.09 bits per heavy atom. The zero-order valence-corrected chi connectivity index (χ0v) is 32.1. The van der Waals surface area contributed by atoms with Crippen LogP contribution in [-0.2, 0) is 0 Å². The second-order valence-electron chi connectivity index (χ2n) is 14.9. The molecule has 1 aliphatic heterocycles. The number of anilines is 5. The first kappa shape index (κ1) is 35.0. The van der Waals surface area contributed by atoms with E-state index in [9.17, 15) is 0 Å². The first-order chi connectivity index (χ1) is 28.8. The SMILES string of the molecule is c1ccc(-c2ccc(N(c3ccc(-c4ccccc4)cc3)c3ccc(-c4ccc(N5c6ccccc6C(c6ccccc6)C5c5ccccc5)cc4)cc3)cc2)cc1. The van der Waals surface area contributed by atoms with Gasteiger partial charge in [-0.15, -0.1) is 0 Å². The average molecular weight is 743 g/mol. The molecule has 0 bridgehead atoms. The maximum atomic E-state index is 2.54. The minimum absolute atomic E-state index is 0.126. The molecule has 0 saturated heterocycles. The largest absolute Gasteiger partial charge is 0.333 e. The summed E-state index contributed by atoms with van der Waals surface area (Å²) in [5.41, 5.74) is 16.9. The third kappa shape index (κ3) is 6.76. The van der Waals surface area contributed by atoms with E-state index in [-0.39, 0.29) is 12.0 Å². The molecular formula is C56H42N2. The number of hydrogen-bond acceptors (Lipinski definition) is 2. The summed E-state index contributed by atoms with van der Waals surface area (Å²) in [7, 11) is 0. The number of hydrogen-bond donors (Lipinski definition) is 0. The van der Waals surface area contributed by atoms with Crippen molar-refractivity contribution in [3.8, 4) is 33.4 Å². The van der Waals surface area contributed by atoms with Crippen LogP contribution in [0, 0.1) is 0 Å². The van der Waals surface area contributed by atoms with Gasteiger partial charge in [-0.05, 0) is 105 Å². The van der Waals surface area contributed by atoms with Crippen molar-refractivity contribution in [3.63, 3.8) is 0 Å². The average Bonchev–Trinajstić information content (AvgIpc) is 3.66. The highest BCUT2D eigenvalue weighted by molar-refractivity contribution is 5.82. The topological polar surface area (TPSA) is 6.48 Å². The van der Waals surface area contributed by atoms with Crippen LogP contribution in [0.3, 0.4) is 0 Å². The van der Waals surface area contributed by atoms with Gasteiger partial charge in [-0.1, -0.05) is 188 Å². The smallest absolute Gasteiger partial charge is 0.0701 e. The Bertz CT molecular complexity index is 2650. The van der Waals surface area contributed by atoms with Gasteiger partial charge in [-0.3, -0.25) is 0 Å². The lowest BCUT2D eigenvalue weighted by molar-refractivity contribution is 0.658. The van der Waals surface area contributed by atoms with Crippen molar-refractivity contribution in [1.82, 2.24) is 0 Å². The van der Waals surface area contributed by atoms with Crippen molar-refractivity contribution >= 4 is 28.4 Å². The standard InChI is InChI=1S/C56H42N2/c1-5-15-41(16-6-1)43-25-33-49(34-26-43)57(50-35-27-44(28-36-50)42-17-7-2-8-18-42)51-37-29-45(30-38-51)46-31-39-52(40-32-46)58-54-24-14-13-23-53(54)55(47-19-9-3-10-20-47)56(58)48-21-11-4-12-22-48/h1-40,55-56H. The second kappa shape index (κ2) is 15.6. The van der Waals surface area contributed by atoms with Crippen molar-refractivity contribution in [3.05, 3.63) is 259 Å². The first-order valence-electron chi connectivity index (χ1n) is 20.1. The van der Waals surface area contributed by atoms with Crippen LogP contribution in [0.15, 0.2) is 243 Å². The molecule has 1 aliphatic rings. The second-order valence-corrected chi connectivity index (χ2v) is 14.9. The fraction of sp³-hybridized carbons (Fsp3) is 0.0357. The fourth-order valence-corrected chi connectivity index (χ4v) is 8.68. The molecule has 2 atom stereocenters. The van der Waals surface area contributed by atoms with E-state index in [0.717, 1.165) is 17.1 Å². The maximum Gasteiger partial charge on any atom is 0.0701 e. The predicted molar refractivity (Wildman–Crippen MR) is 243 cm³/mol. The molecule has 276 valence electrons. The highest BCUT2D eigenvalue weighted by Gasteiger charge is 2.40. The van der Waals surface area contributed by atoms with E-state index >= 15 is 0 Å².